The fourth-order valence-corrected chi connectivity index (χ4v) is 3.51. The molecule has 1 N–H and O–H groups in total. The lowest BCUT2D eigenvalue weighted by Gasteiger charge is -2.28. The summed E-state index contributed by atoms with van der Waals surface area (Å²) in [4.78, 5) is 14.6. The topological polar surface area (TPSA) is 83.2 Å². The SMILES string of the molecule is Cc1nn(CCC#N)c(C)c1CCC(=O)Nc1ccc(N2CCOCC2)cc1. The number of nitriles is 1. The number of amides is 1. The summed E-state index contributed by atoms with van der Waals surface area (Å²) in [5, 5.41) is 16.2. The molecule has 1 aliphatic rings. The van der Waals surface area contributed by atoms with E-state index in [1.165, 1.54) is 0 Å². The number of rotatable bonds is 7. The van der Waals surface area contributed by atoms with E-state index in [9.17, 15) is 4.79 Å². The van der Waals surface area contributed by atoms with Crippen molar-refractivity contribution in [2.45, 2.75) is 39.7 Å². The van der Waals surface area contributed by atoms with Gasteiger partial charge in [-0.2, -0.15) is 10.4 Å². The van der Waals surface area contributed by atoms with Crippen LogP contribution in [0, 0.1) is 25.2 Å². The molecule has 1 fully saturated rings. The zero-order valence-corrected chi connectivity index (χ0v) is 16.6. The second-order valence-electron chi connectivity index (χ2n) is 6.98. The van der Waals surface area contributed by atoms with E-state index in [1.807, 2.05) is 42.8 Å². The van der Waals surface area contributed by atoms with Gasteiger partial charge in [0.25, 0.3) is 0 Å². The van der Waals surface area contributed by atoms with Crippen molar-refractivity contribution in [1.82, 2.24) is 9.78 Å². The van der Waals surface area contributed by atoms with Crippen molar-refractivity contribution in [1.29, 1.82) is 5.26 Å². The van der Waals surface area contributed by atoms with Gasteiger partial charge in [0.2, 0.25) is 5.91 Å². The van der Waals surface area contributed by atoms with Gasteiger partial charge in [-0.15, -0.1) is 0 Å². The average Bonchev–Trinajstić information content (AvgIpc) is 2.99. The monoisotopic (exact) mass is 381 g/mol. The molecule has 1 saturated heterocycles. The van der Waals surface area contributed by atoms with Crippen LogP contribution in [-0.2, 0) is 22.5 Å². The van der Waals surface area contributed by atoms with E-state index in [-0.39, 0.29) is 5.91 Å². The van der Waals surface area contributed by atoms with Crippen LogP contribution in [0.1, 0.15) is 29.8 Å². The number of ether oxygens (including phenoxy) is 1. The molecule has 1 aliphatic heterocycles. The van der Waals surface area contributed by atoms with Crippen molar-refractivity contribution in [2.75, 3.05) is 36.5 Å². The Kier molecular flexibility index (Phi) is 6.66. The number of aromatic nitrogens is 2. The molecular formula is C21H27N5O2. The Balaban J connectivity index is 1.53. The summed E-state index contributed by atoms with van der Waals surface area (Å²) >= 11 is 0. The van der Waals surface area contributed by atoms with Crippen molar-refractivity contribution in [3.63, 3.8) is 0 Å². The summed E-state index contributed by atoms with van der Waals surface area (Å²) in [6.07, 6.45) is 1.47. The summed E-state index contributed by atoms with van der Waals surface area (Å²) in [6, 6.07) is 10.1. The quantitative estimate of drug-likeness (QED) is 0.797. The minimum atomic E-state index is -0.0114. The summed E-state index contributed by atoms with van der Waals surface area (Å²) < 4.78 is 7.24. The molecule has 28 heavy (non-hydrogen) atoms. The van der Waals surface area contributed by atoms with Crippen LogP contribution in [0.4, 0.5) is 11.4 Å². The number of morpholine rings is 1. The smallest absolute Gasteiger partial charge is 0.224 e. The maximum absolute atomic E-state index is 12.4. The van der Waals surface area contributed by atoms with E-state index in [0.717, 1.165) is 54.6 Å². The molecule has 0 saturated carbocycles. The van der Waals surface area contributed by atoms with Crippen LogP contribution in [0.2, 0.25) is 0 Å². The lowest BCUT2D eigenvalue weighted by molar-refractivity contribution is -0.116. The van der Waals surface area contributed by atoms with Gasteiger partial charge in [-0.05, 0) is 50.1 Å². The number of carbonyl (C=O) groups is 1. The first-order valence-electron chi connectivity index (χ1n) is 9.71. The van der Waals surface area contributed by atoms with Crippen molar-refractivity contribution in [3.8, 4) is 6.07 Å². The van der Waals surface area contributed by atoms with E-state index in [1.54, 1.807) is 0 Å². The summed E-state index contributed by atoms with van der Waals surface area (Å²) in [5.74, 6) is -0.0114. The zero-order chi connectivity index (χ0) is 19.9. The number of carbonyl (C=O) groups excluding carboxylic acids is 1. The fourth-order valence-electron chi connectivity index (χ4n) is 3.51. The highest BCUT2D eigenvalue weighted by atomic mass is 16.5. The van der Waals surface area contributed by atoms with E-state index < -0.39 is 0 Å². The van der Waals surface area contributed by atoms with Gasteiger partial charge in [0.05, 0.1) is 37.9 Å². The molecule has 0 radical (unpaired) electrons. The second kappa shape index (κ2) is 9.38. The van der Waals surface area contributed by atoms with Gasteiger partial charge in [-0.1, -0.05) is 0 Å². The number of benzene rings is 1. The largest absolute Gasteiger partial charge is 0.378 e. The molecule has 7 heteroatoms. The summed E-state index contributed by atoms with van der Waals surface area (Å²) in [6.45, 7) is 7.83. The van der Waals surface area contributed by atoms with Crippen molar-refractivity contribution >= 4 is 17.3 Å². The van der Waals surface area contributed by atoms with Gasteiger partial charge in [0, 0.05) is 36.6 Å². The van der Waals surface area contributed by atoms with E-state index in [2.05, 4.69) is 21.4 Å². The third-order valence-electron chi connectivity index (χ3n) is 5.10. The Bertz CT molecular complexity index is 845. The van der Waals surface area contributed by atoms with Crippen LogP contribution in [0.25, 0.3) is 0 Å². The molecule has 1 aromatic carbocycles. The van der Waals surface area contributed by atoms with Gasteiger partial charge < -0.3 is 15.0 Å². The number of aryl methyl sites for hydroxylation is 2. The van der Waals surface area contributed by atoms with Crippen LogP contribution < -0.4 is 10.2 Å². The van der Waals surface area contributed by atoms with E-state index in [4.69, 9.17) is 10.00 Å². The molecule has 0 aliphatic carbocycles. The standard InChI is InChI=1S/C21H27N5O2/c1-16-20(17(2)26(24-16)11-3-10-22)8-9-21(27)23-18-4-6-19(7-5-18)25-12-14-28-15-13-25/h4-7H,3,8-9,11-15H2,1-2H3,(H,23,27). The van der Waals surface area contributed by atoms with Crippen molar-refractivity contribution < 1.29 is 9.53 Å². The number of nitrogens with zero attached hydrogens (tertiary/aromatic N) is 4. The molecule has 2 heterocycles. The lowest BCUT2D eigenvalue weighted by atomic mass is 10.1. The predicted octanol–water partition coefficient (Wildman–Crippen LogP) is 2.82. The normalized spacial score (nSPS) is 14.0. The van der Waals surface area contributed by atoms with Crippen LogP contribution in [0.15, 0.2) is 24.3 Å². The summed E-state index contributed by atoms with van der Waals surface area (Å²) in [7, 11) is 0. The third-order valence-corrected chi connectivity index (χ3v) is 5.10. The first kappa shape index (κ1) is 19.9. The van der Waals surface area contributed by atoms with Gasteiger partial charge in [0.15, 0.2) is 0 Å². The molecule has 1 amide bonds. The molecular weight excluding hydrogens is 354 g/mol. The van der Waals surface area contributed by atoms with Gasteiger partial charge in [-0.25, -0.2) is 0 Å². The molecule has 148 valence electrons. The van der Waals surface area contributed by atoms with Crippen LogP contribution in [0.5, 0.6) is 0 Å². The Labute approximate surface area is 165 Å². The molecule has 1 aromatic heterocycles. The number of hydrogen-bond donors (Lipinski definition) is 1. The van der Waals surface area contributed by atoms with Gasteiger partial charge in [-0.3, -0.25) is 9.48 Å². The Morgan fingerprint density at radius 1 is 1.25 bits per heavy atom. The Morgan fingerprint density at radius 2 is 1.96 bits per heavy atom. The van der Waals surface area contributed by atoms with Crippen molar-refractivity contribution in [2.24, 2.45) is 0 Å². The lowest BCUT2D eigenvalue weighted by Crippen LogP contribution is -2.36. The predicted molar refractivity (Wildman–Crippen MR) is 108 cm³/mol. The third kappa shape index (κ3) is 4.90. The minimum Gasteiger partial charge on any atom is -0.378 e. The Hall–Kier alpha value is -2.85. The maximum Gasteiger partial charge on any atom is 0.224 e. The highest BCUT2D eigenvalue weighted by Crippen LogP contribution is 2.20. The molecule has 0 atom stereocenters. The van der Waals surface area contributed by atoms with E-state index >= 15 is 0 Å². The molecule has 0 spiro atoms. The molecule has 3 rings (SSSR count). The molecule has 7 nitrogen and oxygen atoms in total. The first-order chi connectivity index (χ1) is 13.6. The van der Waals surface area contributed by atoms with Gasteiger partial charge in [0.1, 0.15) is 0 Å². The van der Waals surface area contributed by atoms with Crippen molar-refractivity contribution in [3.05, 3.63) is 41.2 Å². The first-order valence-corrected chi connectivity index (χ1v) is 9.71. The highest BCUT2D eigenvalue weighted by Gasteiger charge is 2.14. The minimum absolute atomic E-state index is 0.0114. The van der Waals surface area contributed by atoms with Crippen LogP contribution >= 0.6 is 0 Å². The van der Waals surface area contributed by atoms with Crippen LogP contribution in [0.3, 0.4) is 0 Å². The van der Waals surface area contributed by atoms with Gasteiger partial charge >= 0.3 is 0 Å². The number of hydrogen-bond acceptors (Lipinski definition) is 5. The van der Waals surface area contributed by atoms with Crippen LogP contribution in [-0.4, -0.2) is 42.0 Å². The average molecular weight is 381 g/mol. The maximum atomic E-state index is 12.4. The molecule has 0 unspecified atom stereocenters. The molecule has 2 aromatic rings. The zero-order valence-electron chi connectivity index (χ0n) is 16.6. The summed E-state index contributed by atoms with van der Waals surface area (Å²) in [5.41, 5.74) is 5.02. The second-order valence-corrected chi connectivity index (χ2v) is 6.98. The highest BCUT2D eigenvalue weighted by molar-refractivity contribution is 5.91. The Morgan fingerprint density at radius 3 is 2.64 bits per heavy atom. The molecule has 0 bridgehead atoms. The number of nitrogens with one attached hydrogen (secondary N) is 1. The fraction of sp³-hybridized carbons (Fsp3) is 0.476. The van der Waals surface area contributed by atoms with E-state index in [0.29, 0.717) is 25.8 Å². The number of anilines is 2.